The van der Waals surface area contributed by atoms with E-state index >= 15 is 0 Å². The number of aliphatic carboxylic acids is 1. The van der Waals surface area contributed by atoms with Crippen LogP contribution in [0.4, 0.5) is 0 Å². The smallest absolute Gasteiger partial charge is 0.330 e. The van der Waals surface area contributed by atoms with E-state index in [4.69, 9.17) is 4.42 Å². The second-order valence-corrected chi connectivity index (χ2v) is 6.82. The Bertz CT molecular complexity index is 859. The van der Waals surface area contributed by atoms with E-state index in [9.17, 15) is 19.5 Å². The van der Waals surface area contributed by atoms with Gasteiger partial charge < -0.3 is 19.7 Å². The number of benzene rings is 1. The number of aryl methyl sites for hydroxylation is 1. The SMILES string of the molecule is Cc1cccc(C(NC(=O)C2CC(=O)N(Cc3ccco3)C2)C(=O)O)c1C. The van der Waals surface area contributed by atoms with E-state index in [-0.39, 0.29) is 18.9 Å². The molecule has 2 heterocycles. The van der Waals surface area contributed by atoms with Crippen LogP contribution in [0.2, 0.25) is 0 Å². The van der Waals surface area contributed by atoms with E-state index in [1.165, 1.54) is 6.26 Å². The summed E-state index contributed by atoms with van der Waals surface area (Å²) in [6.45, 7) is 4.26. The highest BCUT2D eigenvalue weighted by molar-refractivity contribution is 5.91. The fourth-order valence-electron chi connectivity index (χ4n) is 3.31. The first kappa shape index (κ1) is 18.7. The fourth-order valence-corrected chi connectivity index (χ4v) is 3.31. The number of hydrogen-bond donors (Lipinski definition) is 2. The van der Waals surface area contributed by atoms with Crippen molar-refractivity contribution in [3.05, 3.63) is 59.0 Å². The third-order valence-electron chi connectivity index (χ3n) is 5.00. The summed E-state index contributed by atoms with van der Waals surface area (Å²) in [6, 6.07) is 7.71. The minimum absolute atomic E-state index is 0.0612. The van der Waals surface area contributed by atoms with Gasteiger partial charge in [-0.3, -0.25) is 9.59 Å². The molecule has 1 fully saturated rings. The van der Waals surface area contributed by atoms with Crippen molar-refractivity contribution in [2.45, 2.75) is 32.9 Å². The largest absolute Gasteiger partial charge is 0.479 e. The zero-order chi connectivity index (χ0) is 19.6. The van der Waals surface area contributed by atoms with Gasteiger partial charge in [0.25, 0.3) is 0 Å². The van der Waals surface area contributed by atoms with Gasteiger partial charge in [0.05, 0.1) is 18.7 Å². The lowest BCUT2D eigenvalue weighted by molar-refractivity contribution is -0.142. The van der Waals surface area contributed by atoms with Crippen LogP contribution < -0.4 is 5.32 Å². The first-order valence-corrected chi connectivity index (χ1v) is 8.76. The highest BCUT2D eigenvalue weighted by atomic mass is 16.4. The molecule has 2 atom stereocenters. The zero-order valence-corrected chi connectivity index (χ0v) is 15.3. The van der Waals surface area contributed by atoms with E-state index < -0.39 is 23.8 Å². The van der Waals surface area contributed by atoms with E-state index in [2.05, 4.69) is 5.32 Å². The van der Waals surface area contributed by atoms with Crippen molar-refractivity contribution in [1.29, 1.82) is 0 Å². The van der Waals surface area contributed by atoms with Crippen LogP contribution >= 0.6 is 0 Å². The van der Waals surface area contributed by atoms with Gasteiger partial charge in [-0.2, -0.15) is 0 Å². The van der Waals surface area contributed by atoms with Crippen LogP contribution in [0, 0.1) is 19.8 Å². The maximum absolute atomic E-state index is 12.6. The van der Waals surface area contributed by atoms with Crippen molar-refractivity contribution in [1.82, 2.24) is 10.2 Å². The molecule has 3 rings (SSSR count). The summed E-state index contributed by atoms with van der Waals surface area (Å²) in [5, 5.41) is 12.2. The molecule has 2 unspecified atom stereocenters. The fraction of sp³-hybridized carbons (Fsp3) is 0.350. The Labute approximate surface area is 157 Å². The second kappa shape index (κ2) is 7.65. The maximum Gasteiger partial charge on any atom is 0.330 e. The number of nitrogens with zero attached hydrogens (tertiary/aromatic N) is 1. The highest BCUT2D eigenvalue weighted by Crippen LogP contribution is 2.24. The highest BCUT2D eigenvalue weighted by Gasteiger charge is 2.36. The minimum Gasteiger partial charge on any atom is -0.479 e. The van der Waals surface area contributed by atoms with Crippen molar-refractivity contribution in [2.75, 3.05) is 6.54 Å². The molecule has 7 heteroatoms. The van der Waals surface area contributed by atoms with Crippen LogP contribution in [0.25, 0.3) is 0 Å². The monoisotopic (exact) mass is 370 g/mol. The van der Waals surface area contributed by atoms with Crippen molar-refractivity contribution in [3.63, 3.8) is 0 Å². The normalized spacial score (nSPS) is 17.8. The Balaban J connectivity index is 1.70. The number of hydrogen-bond acceptors (Lipinski definition) is 4. The molecule has 1 saturated heterocycles. The number of furan rings is 1. The topological polar surface area (TPSA) is 99.9 Å². The molecule has 7 nitrogen and oxygen atoms in total. The number of carbonyl (C=O) groups excluding carboxylic acids is 2. The first-order valence-electron chi connectivity index (χ1n) is 8.76. The number of carboxylic acids is 1. The van der Waals surface area contributed by atoms with Gasteiger partial charge in [0.2, 0.25) is 11.8 Å². The summed E-state index contributed by atoms with van der Waals surface area (Å²) >= 11 is 0. The van der Waals surface area contributed by atoms with E-state index in [1.54, 1.807) is 29.2 Å². The summed E-state index contributed by atoms with van der Waals surface area (Å²) < 4.78 is 5.25. The van der Waals surface area contributed by atoms with E-state index in [1.807, 2.05) is 19.9 Å². The standard InChI is InChI=1S/C20H22N2O5/c1-12-5-3-7-16(13(12)2)18(20(25)26)21-19(24)14-9-17(23)22(10-14)11-15-6-4-8-27-15/h3-8,14,18H,9-11H2,1-2H3,(H,21,24)(H,25,26). The Morgan fingerprint density at radius 2 is 2.07 bits per heavy atom. The van der Waals surface area contributed by atoms with Crippen molar-refractivity contribution in [3.8, 4) is 0 Å². The molecular formula is C20H22N2O5. The summed E-state index contributed by atoms with van der Waals surface area (Å²) in [7, 11) is 0. The van der Waals surface area contributed by atoms with Gasteiger partial charge in [0, 0.05) is 13.0 Å². The molecule has 1 aliphatic rings. The lowest BCUT2D eigenvalue weighted by Crippen LogP contribution is -2.39. The molecular weight excluding hydrogens is 348 g/mol. The molecule has 0 saturated carbocycles. The lowest BCUT2D eigenvalue weighted by atomic mass is 9.96. The number of carbonyl (C=O) groups is 3. The Morgan fingerprint density at radius 3 is 2.74 bits per heavy atom. The average Bonchev–Trinajstić information content (AvgIpc) is 3.26. The summed E-state index contributed by atoms with van der Waals surface area (Å²) in [5.41, 5.74) is 2.33. The number of likely N-dealkylation sites (tertiary alicyclic amines) is 1. The predicted octanol–water partition coefficient (Wildman–Crippen LogP) is 2.19. The lowest BCUT2D eigenvalue weighted by Gasteiger charge is -2.20. The Hall–Kier alpha value is -3.09. The van der Waals surface area contributed by atoms with Gasteiger partial charge in [-0.1, -0.05) is 18.2 Å². The molecule has 1 aromatic carbocycles. The number of nitrogens with one attached hydrogen (secondary N) is 1. The molecule has 2 aromatic rings. The molecule has 0 aliphatic carbocycles. The Kier molecular flexibility index (Phi) is 5.30. The van der Waals surface area contributed by atoms with Gasteiger partial charge >= 0.3 is 5.97 Å². The van der Waals surface area contributed by atoms with Gasteiger partial charge in [0.1, 0.15) is 5.76 Å². The van der Waals surface area contributed by atoms with Crippen molar-refractivity contribution >= 4 is 17.8 Å². The zero-order valence-electron chi connectivity index (χ0n) is 15.3. The van der Waals surface area contributed by atoms with Crippen molar-refractivity contribution < 1.29 is 23.9 Å². The van der Waals surface area contributed by atoms with Crippen LogP contribution in [0.15, 0.2) is 41.0 Å². The quantitative estimate of drug-likeness (QED) is 0.812. The van der Waals surface area contributed by atoms with Crippen LogP contribution in [0.3, 0.4) is 0 Å². The number of amides is 2. The summed E-state index contributed by atoms with van der Waals surface area (Å²) in [6.07, 6.45) is 1.59. The third kappa shape index (κ3) is 4.02. The van der Waals surface area contributed by atoms with Crippen LogP contribution in [-0.2, 0) is 20.9 Å². The van der Waals surface area contributed by atoms with Crippen LogP contribution in [-0.4, -0.2) is 34.3 Å². The van der Waals surface area contributed by atoms with E-state index in [0.29, 0.717) is 17.9 Å². The molecule has 0 bridgehead atoms. The third-order valence-corrected chi connectivity index (χ3v) is 5.00. The molecule has 1 aliphatic heterocycles. The van der Waals surface area contributed by atoms with Gasteiger partial charge in [-0.15, -0.1) is 0 Å². The summed E-state index contributed by atoms with van der Waals surface area (Å²) in [4.78, 5) is 38.1. The molecule has 0 spiro atoms. The van der Waals surface area contributed by atoms with Crippen LogP contribution in [0.1, 0.15) is 34.9 Å². The average molecular weight is 370 g/mol. The van der Waals surface area contributed by atoms with Crippen molar-refractivity contribution in [2.24, 2.45) is 5.92 Å². The van der Waals surface area contributed by atoms with Gasteiger partial charge in [-0.05, 0) is 42.7 Å². The van der Waals surface area contributed by atoms with Gasteiger partial charge in [0.15, 0.2) is 6.04 Å². The second-order valence-electron chi connectivity index (χ2n) is 6.82. The molecule has 142 valence electrons. The number of carboxylic acid groups (broad SMARTS) is 1. The van der Waals surface area contributed by atoms with Crippen LogP contribution in [0.5, 0.6) is 0 Å². The Morgan fingerprint density at radius 1 is 1.30 bits per heavy atom. The molecule has 0 radical (unpaired) electrons. The molecule has 27 heavy (non-hydrogen) atoms. The van der Waals surface area contributed by atoms with E-state index in [0.717, 1.165) is 11.1 Å². The molecule has 2 N–H and O–H groups in total. The minimum atomic E-state index is -1.15. The molecule has 2 amide bonds. The summed E-state index contributed by atoms with van der Waals surface area (Å²) in [5.74, 6) is -1.65. The maximum atomic E-state index is 12.6. The van der Waals surface area contributed by atoms with Gasteiger partial charge in [-0.25, -0.2) is 4.79 Å². The molecule has 1 aromatic heterocycles. The first-order chi connectivity index (χ1) is 12.9. The predicted molar refractivity (Wildman–Crippen MR) is 96.7 cm³/mol. The number of rotatable bonds is 6.